The topological polar surface area (TPSA) is 81.9 Å². The second-order valence-electron chi connectivity index (χ2n) is 7.47. The number of nitrogens with one attached hydrogen (secondary N) is 1. The third-order valence-electron chi connectivity index (χ3n) is 5.03. The molecule has 2 aromatic heterocycles. The van der Waals surface area contributed by atoms with Gasteiger partial charge in [-0.25, -0.2) is 9.37 Å². The van der Waals surface area contributed by atoms with E-state index in [-0.39, 0.29) is 24.1 Å². The first-order chi connectivity index (χ1) is 17.1. The van der Waals surface area contributed by atoms with Crippen LogP contribution in [0.3, 0.4) is 0 Å². The molecule has 0 saturated heterocycles. The van der Waals surface area contributed by atoms with Crippen LogP contribution in [0.2, 0.25) is 0 Å². The van der Waals surface area contributed by atoms with Crippen LogP contribution < -0.4 is 10.1 Å². The van der Waals surface area contributed by atoms with Gasteiger partial charge in [-0.1, -0.05) is 36.9 Å². The predicted molar refractivity (Wildman–Crippen MR) is 137 cm³/mol. The first-order valence-electron chi connectivity index (χ1n) is 10.9. The number of hydrogen-bond donors (Lipinski definition) is 1. The molecule has 10 heteroatoms. The molecule has 4 aromatic rings. The van der Waals surface area contributed by atoms with E-state index in [0.29, 0.717) is 28.4 Å². The molecule has 1 N–H and O–H groups in total. The number of amides is 1. The minimum absolute atomic E-state index is 0.139. The lowest BCUT2D eigenvalue weighted by atomic mass is 10.2. The number of anilines is 1. The molecule has 0 atom stereocenters. The van der Waals surface area contributed by atoms with E-state index < -0.39 is 0 Å². The highest BCUT2D eigenvalue weighted by Crippen LogP contribution is 2.26. The fourth-order valence-electron chi connectivity index (χ4n) is 3.18. The first-order valence-corrected chi connectivity index (χ1v) is 12.8. The SMILES string of the molecule is C=CCn1c(COc2ccc(CC)cc2)nnc1SCC(=O)Nc1nc(-c2ccc(F)cc2)cs1. The number of halogens is 1. The van der Waals surface area contributed by atoms with E-state index in [4.69, 9.17) is 4.74 Å². The highest BCUT2D eigenvalue weighted by Gasteiger charge is 2.15. The molecule has 0 aliphatic heterocycles. The zero-order valence-corrected chi connectivity index (χ0v) is 20.7. The van der Waals surface area contributed by atoms with E-state index in [0.717, 1.165) is 17.7 Å². The number of rotatable bonds is 11. The van der Waals surface area contributed by atoms with E-state index in [1.807, 2.05) is 34.2 Å². The Morgan fingerprint density at radius 3 is 2.69 bits per heavy atom. The molecule has 2 heterocycles. The Kier molecular flexibility index (Phi) is 8.27. The van der Waals surface area contributed by atoms with Crippen molar-refractivity contribution in [3.63, 3.8) is 0 Å². The van der Waals surface area contributed by atoms with Gasteiger partial charge in [0.05, 0.1) is 11.4 Å². The van der Waals surface area contributed by atoms with Gasteiger partial charge in [-0.2, -0.15) is 0 Å². The van der Waals surface area contributed by atoms with Crippen molar-refractivity contribution in [3.05, 3.63) is 83.8 Å². The molecule has 7 nitrogen and oxygen atoms in total. The molecule has 35 heavy (non-hydrogen) atoms. The maximum absolute atomic E-state index is 13.1. The van der Waals surface area contributed by atoms with Gasteiger partial charge in [0, 0.05) is 17.5 Å². The van der Waals surface area contributed by atoms with Crippen molar-refractivity contribution in [2.24, 2.45) is 0 Å². The maximum atomic E-state index is 13.1. The Hall–Kier alpha value is -3.50. The summed E-state index contributed by atoms with van der Waals surface area (Å²) >= 11 is 2.59. The Morgan fingerprint density at radius 1 is 1.20 bits per heavy atom. The van der Waals surface area contributed by atoms with Crippen molar-refractivity contribution in [1.82, 2.24) is 19.7 Å². The molecule has 0 fully saturated rings. The summed E-state index contributed by atoms with van der Waals surface area (Å²) in [6.45, 7) is 6.66. The number of carbonyl (C=O) groups excluding carboxylic acids is 1. The number of benzene rings is 2. The second-order valence-corrected chi connectivity index (χ2v) is 9.27. The van der Waals surface area contributed by atoms with Crippen molar-refractivity contribution in [1.29, 1.82) is 0 Å². The quantitative estimate of drug-likeness (QED) is 0.209. The number of carbonyl (C=O) groups is 1. The molecule has 0 radical (unpaired) electrons. The lowest BCUT2D eigenvalue weighted by molar-refractivity contribution is -0.113. The molecule has 4 rings (SSSR count). The molecule has 0 bridgehead atoms. The van der Waals surface area contributed by atoms with Crippen LogP contribution in [0.1, 0.15) is 18.3 Å². The highest BCUT2D eigenvalue weighted by molar-refractivity contribution is 7.99. The largest absolute Gasteiger partial charge is 0.486 e. The fourth-order valence-corrected chi connectivity index (χ4v) is 4.69. The van der Waals surface area contributed by atoms with Gasteiger partial charge in [0.1, 0.15) is 18.2 Å². The van der Waals surface area contributed by atoms with Crippen LogP contribution >= 0.6 is 23.1 Å². The third-order valence-corrected chi connectivity index (χ3v) is 6.75. The van der Waals surface area contributed by atoms with Crippen LogP contribution in [0.25, 0.3) is 11.3 Å². The highest BCUT2D eigenvalue weighted by atomic mass is 32.2. The van der Waals surface area contributed by atoms with Crippen LogP contribution in [0, 0.1) is 5.82 Å². The molecule has 0 unspecified atom stereocenters. The van der Waals surface area contributed by atoms with Crippen LogP contribution in [0.5, 0.6) is 5.75 Å². The lowest BCUT2D eigenvalue weighted by Gasteiger charge is -2.09. The van der Waals surface area contributed by atoms with E-state index in [1.54, 1.807) is 18.2 Å². The van der Waals surface area contributed by atoms with E-state index in [1.165, 1.54) is 40.8 Å². The zero-order valence-electron chi connectivity index (χ0n) is 19.1. The molecule has 0 aliphatic carbocycles. The van der Waals surface area contributed by atoms with Gasteiger partial charge in [0.2, 0.25) is 5.91 Å². The number of thiazole rings is 1. The number of aromatic nitrogens is 4. The Morgan fingerprint density at radius 2 is 1.97 bits per heavy atom. The molecule has 1 amide bonds. The van der Waals surface area contributed by atoms with Crippen LogP contribution in [-0.4, -0.2) is 31.4 Å². The molecule has 0 aliphatic rings. The molecule has 2 aromatic carbocycles. The first kappa shape index (κ1) is 24.6. The fraction of sp³-hybridized carbons (Fsp3) is 0.200. The normalized spacial score (nSPS) is 10.8. The van der Waals surface area contributed by atoms with E-state index in [9.17, 15) is 9.18 Å². The van der Waals surface area contributed by atoms with E-state index in [2.05, 4.69) is 34.0 Å². The molecular weight excluding hydrogens is 485 g/mol. The van der Waals surface area contributed by atoms with Crippen molar-refractivity contribution < 1.29 is 13.9 Å². The third kappa shape index (κ3) is 6.55. The molecular formula is C25H24FN5O2S2. The lowest BCUT2D eigenvalue weighted by Crippen LogP contribution is -2.15. The summed E-state index contributed by atoms with van der Waals surface area (Å²) in [6.07, 6.45) is 2.72. The Bertz CT molecular complexity index is 1290. The van der Waals surface area contributed by atoms with E-state index >= 15 is 0 Å². The van der Waals surface area contributed by atoms with Gasteiger partial charge in [0.25, 0.3) is 0 Å². The van der Waals surface area contributed by atoms with Gasteiger partial charge in [-0.05, 0) is 48.4 Å². The number of allylic oxidation sites excluding steroid dienone is 1. The van der Waals surface area contributed by atoms with Crippen LogP contribution in [0.15, 0.2) is 71.7 Å². The van der Waals surface area contributed by atoms with Crippen LogP contribution in [-0.2, 0) is 24.4 Å². The summed E-state index contributed by atoms with van der Waals surface area (Å²) < 4.78 is 20.9. The van der Waals surface area contributed by atoms with Crippen molar-refractivity contribution in [2.45, 2.75) is 31.7 Å². The monoisotopic (exact) mass is 509 g/mol. The van der Waals surface area contributed by atoms with Gasteiger partial charge in [0.15, 0.2) is 16.1 Å². The molecule has 180 valence electrons. The number of hydrogen-bond acceptors (Lipinski definition) is 7. The van der Waals surface area contributed by atoms with Gasteiger partial charge < -0.3 is 10.1 Å². The predicted octanol–water partition coefficient (Wildman–Crippen LogP) is 5.60. The standard InChI is InChI=1S/C25H24FN5O2S2/c1-3-13-31-22(14-33-20-11-5-17(4-2)6-12-20)29-30-25(31)35-16-23(32)28-24-27-21(15-34-24)18-7-9-19(26)10-8-18/h3,5-12,15H,1,4,13-14,16H2,2H3,(H,27,28,32). The number of nitrogens with zero attached hydrogens (tertiary/aromatic N) is 4. The summed E-state index contributed by atoms with van der Waals surface area (Å²) in [4.78, 5) is 16.9. The molecule has 0 spiro atoms. The van der Waals surface area contributed by atoms with Crippen molar-refractivity contribution >= 4 is 34.1 Å². The minimum Gasteiger partial charge on any atom is -0.486 e. The summed E-state index contributed by atoms with van der Waals surface area (Å²) in [7, 11) is 0. The Balaban J connectivity index is 1.33. The van der Waals surface area contributed by atoms with Crippen molar-refractivity contribution in [2.75, 3.05) is 11.1 Å². The van der Waals surface area contributed by atoms with Gasteiger partial charge >= 0.3 is 0 Å². The summed E-state index contributed by atoms with van der Waals surface area (Å²) in [5, 5.41) is 14.2. The summed E-state index contributed by atoms with van der Waals surface area (Å²) in [6, 6.07) is 14.0. The second kappa shape index (κ2) is 11.8. The average Bonchev–Trinajstić information content (AvgIpc) is 3.49. The number of aryl methyl sites for hydroxylation is 1. The maximum Gasteiger partial charge on any atom is 0.236 e. The molecule has 0 saturated carbocycles. The number of thioether (sulfide) groups is 1. The average molecular weight is 510 g/mol. The van der Waals surface area contributed by atoms with Crippen LogP contribution in [0.4, 0.5) is 9.52 Å². The van der Waals surface area contributed by atoms with Gasteiger partial charge in [-0.3, -0.25) is 9.36 Å². The zero-order chi connectivity index (χ0) is 24.6. The minimum atomic E-state index is -0.306. The van der Waals surface area contributed by atoms with Gasteiger partial charge in [-0.15, -0.1) is 28.1 Å². The summed E-state index contributed by atoms with van der Waals surface area (Å²) in [5.41, 5.74) is 2.71. The smallest absolute Gasteiger partial charge is 0.236 e. The Labute approximate surface area is 211 Å². The number of ether oxygens (including phenoxy) is 1. The summed E-state index contributed by atoms with van der Waals surface area (Å²) in [5.74, 6) is 1.03. The van der Waals surface area contributed by atoms with Crippen molar-refractivity contribution in [3.8, 4) is 17.0 Å².